The van der Waals surface area contributed by atoms with Crippen molar-refractivity contribution in [2.24, 2.45) is 0 Å². The molecule has 5 nitrogen and oxygen atoms in total. The summed E-state index contributed by atoms with van der Waals surface area (Å²) < 4.78 is 13.3. The Labute approximate surface area is 119 Å². The van der Waals surface area contributed by atoms with Gasteiger partial charge >= 0.3 is 5.69 Å². The molecule has 2 aromatic rings. The molecule has 0 radical (unpaired) electrons. The van der Waals surface area contributed by atoms with Gasteiger partial charge in [-0.2, -0.15) is 4.39 Å². The Bertz CT molecular complexity index is 657. The maximum absolute atomic E-state index is 13.3. The summed E-state index contributed by atoms with van der Waals surface area (Å²) in [5, 5.41) is 14.8. The third-order valence-corrected chi connectivity index (χ3v) is 4.11. The Morgan fingerprint density at radius 1 is 1.45 bits per heavy atom. The van der Waals surface area contributed by atoms with Gasteiger partial charge in [0.05, 0.1) is 21.7 Å². The molecular formula is C13H14FN3O2S. The number of anilines is 1. The van der Waals surface area contributed by atoms with Gasteiger partial charge in [0.25, 0.3) is 0 Å². The maximum atomic E-state index is 13.3. The largest absolute Gasteiger partial charge is 0.377 e. The molecule has 1 heterocycles. The zero-order chi connectivity index (χ0) is 14.9. The number of hydrogen-bond acceptors (Lipinski definition) is 5. The first-order valence-electron chi connectivity index (χ1n) is 6.03. The molecule has 0 bridgehead atoms. The summed E-state index contributed by atoms with van der Waals surface area (Å²) in [7, 11) is 0. The average molecular weight is 295 g/mol. The SMILES string of the molecule is Cc1nc(C)c(C(C)Nc2ccc(F)c([N+](=O)[O-])c2)s1. The Kier molecular flexibility index (Phi) is 3.99. The van der Waals surface area contributed by atoms with Crippen LogP contribution in [-0.4, -0.2) is 9.91 Å². The molecule has 1 aromatic heterocycles. The fourth-order valence-electron chi connectivity index (χ4n) is 2.01. The summed E-state index contributed by atoms with van der Waals surface area (Å²) in [5.41, 5.74) is 0.916. The lowest BCUT2D eigenvalue weighted by Crippen LogP contribution is -2.07. The first kappa shape index (κ1) is 14.4. The lowest BCUT2D eigenvalue weighted by molar-refractivity contribution is -0.387. The third-order valence-electron chi connectivity index (χ3n) is 2.86. The number of rotatable bonds is 4. The number of aryl methyl sites for hydroxylation is 2. The first-order chi connectivity index (χ1) is 9.38. The Hall–Kier alpha value is -2.02. The van der Waals surface area contributed by atoms with Gasteiger partial charge in [-0.15, -0.1) is 11.3 Å². The molecule has 20 heavy (non-hydrogen) atoms. The second-order valence-electron chi connectivity index (χ2n) is 4.47. The van der Waals surface area contributed by atoms with Crippen molar-refractivity contribution in [1.82, 2.24) is 4.98 Å². The van der Waals surface area contributed by atoms with E-state index in [1.54, 1.807) is 11.3 Å². The second-order valence-corrected chi connectivity index (χ2v) is 5.71. The standard InChI is InChI=1S/C13H14FN3O2S/c1-7-13(20-9(3)15-7)8(2)16-10-4-5-11(14)12(6-10)17(18)19/h4-6,8,16H,1-3H3. The van der Waals surface area contributed by atoms with E-state index in [-0.39, 0.29) is 6.04 Å². The van der Waals surface area contributed by atoms with E-state index in [0.717, 1.165) is 21.6 Å². The summed E-state index contributed by atoms with van der Waals surface area (Å²) in [6, 6.07) is 3.74. The molecule has 0 saturated carbocycles. The van der Waals surface area contributed by atoms with Crippen molar-refractivity contribution in [3.8, 4) is 0 Å². The van der Waals surface area contributed by atoms with Crippen molar-refractivity contribution >= 4 is 22.7 Å². The molecule has 0 aliphatic carbocycles. The molecule has 7 heteroatoms. The van der Waals surface area contributed by atoms with E-state index in [2.05, 4.69) is 10.3 Å². The lowest BCUT2D eigenvalue weighted by Gasteiger charge is -2.14. The van der Waals surface area contributed by atoms with Crippen molar-refractivity contribution in [3.63, 3.8) is 0 Å². The van der Waals surface area contributed by atoms with E-state index in [1.807, 2.05) is 20.8 Å². The number of nitrogens with one attached hydrogen (secondary N) is 1. The topological polar surface area (TPSA) is 68.1 Å². The Morgan fingerprint density at radius 3 is 2.70 bits per heavy atom. The minimum atomic E-state index is -0.835. The first-order valence-corrected chi connectivity index (χ1v) is 6.84. The van der Waals surface area contributed by atoms with E-state index in [4.69, 9.17) is 0 Å². The number of thiazole rings is 1. The van der Waals surface area contributed by atoms with Gasteiger partial charge in [-0.3, -0.25) is 10.1 Å². The molecule has 1 atom stereocenters. The normalized spacial score (nSPS) is 12.2. The van der Waals surface area contributed by atoms with Gasteiger partial charge in [0, 0.05) is 16.6 Å². The number of aromatic nitrogens is 1. The summed E-state index contributed by atoms with van der Waals surface area (Å²) in [6.45, 7) is 5.79. The van der Waals surface area contributed by atoms with E-state index < -0.39 is 16.4 Å². The van der Waals surface area contributed by atoms with Crippen molar-refractivity contribution in [1.29, 1.82) is 0 Å². The van der Waals surface area contributed by atoms with E-state index in [0.29, 0.717) is 5.69 Å². The second kappa shape index (κ2) is 5.54. The van der Waals surface area contributed by atoms with Crippen LogP contribution in [0.15, 0.2) is 18.2 Å². The highest BCUT2D eigenvalue weighted by atomic mass is 32.1. The number of nitro benzene ring substituents is 1. The fourth-order valence-corrected chi connectivity index (χ4v) is 2.94. The molecule has 0 spiro atoms. The molecule has 0 saturated heterocycles. The van der Waals surface area contributed by atoms with E-state index >= 15 is 0 Å². The molecule has 1 N–H and O–H groups in total. The smallest absolute Gasteiger partial charge is 0.306 e. The molecule has 2 rings (SSSR count). The van der Waals surface area contributed by atoms with Crippen molar-refractivity contribution in [2.45, 2.75) is 26.8 Å². The van der Waals surface area contributed by atoms with E-state index in [9.17, 15) is 14.5 Å². The van der Waals surface area contributed by atoms with Crippen LogP contribution in [0, 0.1) is 29.8 Å². The lowest BCUT2D eigenvalue weighted by atomic mass is 10.2. The summed E-state index contributed by atoms with van der Waals surface area (Å²) >= 11 is 1.57. The van der Waals surface area contributed by atoms with Crippen LogP contribution in [0.5, 0.6) is 0 Å². The van der Waals surface area contributed by atoms with E-state index in [1.165, 1.54) is 12.1 Å². The molecule has 0 fully saturated rings. The summed E-state index contributed by atoms with van der Waals surface area (Å²) in [4.78, 5) is 15.4. The predicted octanol–water partition coefficient (Wildman–Crippen LogP) is 3.98. The van der Waals surface area contributed by atoms with Gasteiger partial charge in [-0.25, -0.2) is 4.98 Å². The molecule has 1 unspecified atom stereocenters. The highest BCUT2D eigenvalue weighted by Crippen LogP contribution is 2.29. The highest BCUT2D eigenvalue weighted by molar-refractivity contribution is 7.11. The minimum absolute atomic E-state index is 0.0498. The van der Waals surface area contributed by atoms with Crippen LogP contribution in [0.3, 0.4) is 0 Å². The average Bonchev–Trinajstić information content (AvgIpc) is 2.70. The van der Waals surface area contributed by atoms with Gasteiger partial charge in [-0.05, 0) is 32.9 Å². The van der Waals surface area contributed by atoms with Gasteiger partial charge in [-0.1, -0.05) is 0 Å². The molecule has 0 aliphatic heterocycles. The van der Waals surface area contributed by atoms with Crippen LogP contribution in [0.25, 0.3) is 0 Å². The number of benzene rings is 1. The number of nitrogens with zero attached hydrogens (tertiary/aromatic N) is 2. The highest BCUT2D eigenvalue weighted by Gasteiger charge is 2.17. The van der Waals surface area contributed by atoms with Crippen LogP contribution < -0.4 is 5.32 Å². The van der Waals surface area contributed by atoms with Crippen LogP contribution in [-0.2, 0) is 0 Å². The van der Waals surface area contributed by atoms with Crippen LogP contribution in [0.1, 0.15) is 28.5 Å². The minimum Gasteiger partial charge on any atom is -0.377 e. The maximum Gasteiger partial charge on any atom is 0.306 e. The van der Waals surface area contributed by atoms with Gasteiger partial charge in [0.1, 0.15) is 0 Å². The fraction of sp³-hybridized carbons (Fsp3) is 0.308. The molecule has 0 amide bonds. The van der Waals surface area contributed by atoms with Crippen LogP contribution >= 0.6 is 11.3 Å². The molecule has 106 valence electrons. The third kappa shape index (κ3) is 2.93. The molecule has 0 aliphatic rings. The van der Waals surface area contributed by atoms with Crippen molar-refractivity contribution < 1.29 is 9.31 Å². The Morgan fingerprint density at radius 2 is 2.15 bits per heavy atom. The van der Waals surface area contributed by atoms with Crippen LogP contribution in [0.4, 0.5) is 15.8 Å². The summed E-state index contributed by atoms with van der Waals surface area (Å²) in [6.07, 6.45) is 0. The van der Waals surface area contributed by atoms with Gasteiger partial charge < -0.3 is 5.32 Å². The number of nitro groups is 1. The Balaban J connectivity index is 2.24. The number of hydrogen-bond donors (Lipinski definition) is 1. The molecular weight excluding hydrogens is 281 g/mol. The zero-order valence-corrected chi connectivity index (χ0v) is 12.1. The van der Waals surface area contributed by atoms with Crippen molar-refractivity contribution in [3.05, 3.63) is 49.7 Å². The zero-order valence-electron chi connectivity index (χ0n) is 11.3. The van der Waals surface area contributed by atoms with Gasteiger partial charge in [0.15, 0.2) is 0 Å². The van der Waals surface area contributed by atoms with Gasteiger partial charge in [0.2, 0.25) is 5.82 Å². The quantitative estimate of drug-likeness (QED) is 0.684. The summed E-state index contributed by atoms with van der Waals surface area (Å²) in [5.74, 6) is -0.835. The number of halogens is 1. The predicted molar refractivity (Wildman–Crippen MR) is 76.7 cm³/mol. The van der Waals surface area contributed by atoms with Crippen LogP contribution in [0.2, 0.25) is 0 Å². The monoisotopic (exact) mass is 295 g/mol. The molecule has 1 aromatic carbocycles. The van der Waals surface area contributed by atoms with Crippen molar-refractivity contribution in [2.75, 3.05) is 5.32 Å².